The molecular weight excluding hydrogens is 278 g/mol. The van der Waals surface area contributed by atoms with Crippen LogP contribution in [-0.4, -0.2) is 59.3 Å². The van der Waals surface area contributed by atoms with Crippen LogP contribution in [0.1, 0.15) is 6.42 Å². The molecule has 2 N–H and O–H groups in total. The molecule has 6 nitrogen and oxygen atoms in total. The molecule has 1 aliphatic rings. The Hall–Kier alpha value is -2.34. The molecule has 116 valence electrons. The number of benzene rings is 1. The number of urea groups is 1. The highest BCUT2D eigenvalue weighted by Gasteiger charge is 2.27. The molecule has 1 aromatic carbocycles. The van der Waals surface area contributed by atoms with Gasteiger partial charge in [0, 0.05) is 36.6 Å². The van der Waals surface area contributed by atoms with Crippen LogP contribution < -0.4 is 5.32 Å². The third kappa shape index (κ3) is 3.12. The smallest absolute Gasteiger partial charge is 0.321 e. The summed E-state index contributed by atoms with van der Waals surface area (Å²) in [5.41, 5.74) is 2.73. The minimum Gasteiger partial charge on any atom is -0.323 e. The Morgan fingerprint density at radius 2 is 2.27 bits per heavy atom. The van der Waals surface area contributed by atoms with Gasteiger partial charge in [-0.15, -0.1) is 0 Å². The fourth-order valence-corrected chi connectivity index (χ4v) is 2.73. The molecule has 1 atom stereocenters. The molecule has 6 heteroatoms. The number of aromatic nitrogens is 2. The van der Waals surface area contributed by atoms with Crippen LogP contribution in [0.3, 0.4) is 0 Å². The maximum Gasteiger partial charge on any atom is 0.321 e. The van der Waals surface area contributed by atoms with Crippen LogP contribution in [-0.2, 0) is 0 Å². The molecule has 1 aliphatic heterocycles. The van der Waals surface area contributed by atoms with Gasteiger partial charge in [0.2, 0.25) is 0 Å². The first-order chi connectivity index (χ1) is 10.6. The van der Waals surface area contributed by atoms with E-state index in [1.54, 1.807) is 6.20 Å². The van der Waals surface area contributed by atoms with Crippen LogP contribution in [0.2, 0.25) is 0 Å². The normalized spacial score (nSPS) is 18.0. The van der Waals surface area contributed by atoms with Crippen molar-refractivity contribution in [2.24, 2.45) is 0 Å². The Balaban J connectivity index is 1.66. The number of nitrogens with one attached hydrogen (secondary N) is 2. The van der Waals surface area contributed by atoms with Gasteiger partial charge in [0.15, 0.2) is 0 Å². The predicted octanol–water partition coefficient (Wildman–Crippen LogP) is 2.24. The molecule has 0 bridgehead atoms. The van der Waals surface area contributed by atoms with E-state index in [4.69, 9.17) is 0 Å². The number of likely N-dealkylation sites (N-methyl/N-ethyl adjacent to an activating group) is 1. The number of carbonyl (C=O) groups excluding carboxylic acids is 1. The SMILES string of the molecule is CN(C)[C@@H]1CCN(C(=O)Nc2cccc(-c3ccn[nH]3)c2)C1. The van der Waals surface area contributed by atoms with Crippen molar-refractivity contribution in [3.8, 4) is 11.3 Å². The van der Waals surface area contributed by atoms with E-state index in [1.165, 1.54) is 0 Å². The molecule has 0 saturated carbocycles. The Bertz CT molecular complexity index is 638. The van der Waals surface area contributed by atoms with Crippen LogP contribution in [0.4, 0.5) is 10.5 Å². The van der Waals surface area contributed by atoms with Gasteiger partial charge in [0.1, 0.15) is 0 Å². The van der Waals surface area contributed by atoms with E-state index in [0.29, 0.717) is 6.04 Å². The number of nitrogens with zero attached hydrogens (tertiary/aromatic N) is 3. The Morgan fingerprint density at radius 3 is 2.95 bits per heavy atom. The zero-order valence-corrected chi connectivity index (χ0v) is 12.9. The van der Waals surface area contributed by atoms with Gasteiger partial charge in [-0.2, -0.15) is 5.10 Å². The Morgan fingerprint density at radius 1 is 1.41 bits per heavy atom. The summed E-state index contributed by atoms with van der Waals surface area (Å²) in [5.74, 6) is 0. The Kier molecular flexibility index (Phi) is 4.11. The summed E-state index contributed by atoms with van der Waals surface area (Å²) >= 11 is 0. The molecule has 1 aromatic heterocycles. The number of hydrogen-bond acceptors (Lipinski definition) is 3. The monoisotopic (exact) mass is 299 g/mol. The van der Waals surface area contributed by atoms with Crippen molar-refractivity contribution >= 4 is 11.7 Å². The van der Waals surface area contributed by atoms with Crippen molar-refractivity contribution in [3.63, 3.8) is 0 Å². The van der Waals surface area contributed by atoms with E-state index in [-0.39, 0.29) is 6.03 Å². The number of H-pyrrole nitrogens is 1. The van der Waals surface area contributed by atoms with Crippen molar-refractivity contribution in [1.82, 2.24) is 20.0 Å². The van der Waals surface area contributed by atoms with E-state index < -0.39 is 0 Å². The quantitative estimate of drug-likeness (QED) is 0.913. The summed E-state index contributed by atoms with van der Waals surface area (Å²) in [6.45, 7) is 1.58. The molecule has 1 fully saturated rings. The molecule has 0 unspecified atom stereocenters. The van der Waals surface area contributed by atoms with E-state index in [1.807, 2.05) is 35.2 Å². The van der Waals surface area contributed by atoms with Crippen LogP contribution >= 0.6 is 0 Å². The number of likely N-dealkylation sites (tertiary alicyclic amines) is 1. The molecule has 0 radical (unpaired) electrons. The van der Waals surface area contributed by atoms with Gasteiger partial charge < -0.3 is 15.1 Å². The number of hydrogen-bond donors (Lipinski definition) is 2. The molecule has 3 rings (SSSR count). The fraction of sp³-hybridized carbons (Fsp3) is 0.375. The first-order valence-corrected chi connectivity index (χ1v) is 7.45. The summed E-state index contributed by atoms with van der Waals surface area (Å²) in [6, 6.07) is 10.1. The van der Waals surface area contributed by atoms with Gasteiger partial charge >= 0.3 is 6.03 Å². The van der Waals surface area contributed by atoms with Crippen molar-refractivity contribution < 1.29 is 4.79 Å². The summed E-state index contributed by atoms with van der Waals surface area (Å²) in [6.07, 6.45) is 2.74. The lowest BCUT2D eigenvalue weighted by Crippen LogP contribution is -2.36. The summed E-state index contributed by atoms with van der Waals surface area (Å²) in [4.78, 5) is 16.4. The highest BCUT2D eigenvalue weighted by molar-refractivity contribution is 5.90. The lowest BCUT2D eigenvalue weighted by Gasteiger charge is -2.20. The van der Waals surface area contributed by atoms with Crippen molar-refractivity contribution in [2.75, 3.05) is 32.5 Å². The van der Waals surface area contributed by atoms with E-state index >= 15 is 0 Å². The number of aromatic amines is 1. The third-order valence-corrected chi connectivity index (χ3v) is 4.11. The van der Waals surface area contributed by atoms with E-state index in [2.05, 4.69) is 34.5 Å². The molecule has 2 heterocycles. The maximum absolute atomic E-state index is 12.4. The van der Waals surface area contributed by atoms with E-state index in [9.17, 15) is 4.79 Å². The van der Waals surface area contributed by atoms with Gasteiger partial charge in [-0.1, -0.05) is 12.1 Å². The first-order valence-electron chi connectivity index (χ1n) is 7.45. The summed E-state index contributed by atoms with van der Waals surface area (Å²) in [5, 5.41) is 9.86. The number of carbonyl (C=O) groups is 1. The van der Waals surface area contributed by atoms with Gasteiger partial charge in [-0.3, -0.25) is 5.10 Å². The molecular formula is C16H21N5O. The second-order valence-electron chi connectivity index (χ2n) is 5.83. The zero-order valence-electron chi connectivity index (χ0n) is 12.9. The van der Waals surface area contributed by atoms with Gasteiger partial charge in [0.05, 0.1) is 5.69 Å². The van der Waals surface area contributed by atoms with Crippen molar-refractivity contribution in [1.29, 1.82) is 0 Å². The fourth-order valence-electron chi connectivity index (χ4n) is 2.73. The molecule has 0 spiro atoms. The zero-order chi connectivity index (χ0) is 15.5. The molecule has 0 aliphatic carbocycles. The number of rotatable bonds is 3. The Labute approximate surface area is 130 Å². The average Bonchev–Trinajstić information content (AvgIpc) is 3.19. The predicted molar refractivity (Wildman–Crippen MR) is 86.7 cm³/mol. The lowest BCUT2D eigenvalue weighted by molar-refractivity contribution is 0.216. The standard InChI is InChI=1S/C16H21N5O/c1-20(2)14-7-9-21(11-14)16(22)18-13-5-3-4-12(10-13)15-6-8-17-19-15/h3-6,8,10,14H,7,9,11H2,1-2H3,(H,17,19)(H,18,22)/t14-/m1/s1. The second-order valence-corrected chi connectivity index (χ2v) is 5.83. The van der Waals surface area contributed by atoms with Gasteiger partial charge in [-0.05, 0) is 38.7 Å². The lowest BCUT2D eigenvalue weighted by atomic mass is 10.1. The van der Waals surface area contributed by atoms with Gasteiger partial charge in [-0.25, -0.2) is 4.79 Å². The second kappa shape index (κ2) is 6.19. The van der Waals surface area contributed by atoms with Crippen LogP contribution in [0.5, 0.6) is 0 Å². The molecule has 22 heavy (non-hydrogen) atoms. The van der Waals surface area contributed by atoms with Crippen LogP contribution in [0.25, 0.3) is 11.3 Å². The molecule has 2 amide bonds. The van der Waals surface area contributed by atoms with Gasteiger partial charge in [0.25, 0.3) is 0 Å². The molecule has 2 aromatic rings. The summed E-state index contributed by atoms with van der Waals surface area (Å²) < 4.78 is 0. The average molecular weight is 299 g/mol. The number of anilines is 1. The third-order valence-electron chi connectivity index (χ3n) is 4.11. The highest BCUT2D eigenvalue weighted by atomic mass is 16.2. The van der Waals surface area contributed by atoms with Crippen molar-refractivity contribution in [3.05, 3.63) is 36.5 Å². The van der Waals surface area contributed by atoms with Crippen LogP contribution in [0, 0.1) is 0 Å². The topological polar surface area (TPSA) is 64.3 Å². The maximum atomic E-state index is 12.4. The summed E-state index contributed by atoms with van der Waals surface area (Å²) in [7, 11) is 4.11. The number of amides is 2. The minimum atomic E-state index is -0.0360. The van der Waals surface area contributed by atoms with E-state index in [0.717, 1.165) is 36.5 Å². The largest absolute Gasteiger partial charge is 0.323 e. The first kappa shape index (κ1) is 14.6. The van der Waals surface area contributed by atoms with Crippen molar-refractivity contribution in [2.45, 2.75) is 12.5 Å². The molecule has 1 saturated heterocycles. The highest BCUT2D eigenvalue weighted by Crippen LogP contribution is 2.21. The minimum absolute atomic E-state index is 0.0360. The van der Waals surface area contributed by atoms with Crippen LogP contribution in [0.15, 0.2) is 36.5 Å².